The van der Waals surface area contributed by atoms with E-state index >= 15 is 0 Å². The molecular weight excluding hydrogens is 314 g/mol. The number of ketones is 1. The molecule has 0 aromatic heterocycles. The highest BCUT2D eigenvalue weighted by atomic mass is 16.5. The molecule has 0 spiro atoms. The third-order valence-electron chi connectivity index (χ3n) is 5.93. The molecule has 3 unspecified atom stereocenters. The zero-order valence-corrected chi connectivity index (χ0v) is 14.4. The summed E-state index contributed by atoms with van der Waals surface area (Å²) >= 11 is 0. The quantitative estimate of drug-likeness (QED) is 0.830. The van der Waals surface area contributed by atoms with Crippen LogP contribution in [0, 0.1) is 11.8 Å². The van der Waals surface area contributed by atoms with E-state index in [9.17, 15) is 9.90 Å². The Balaban J connectivity index is 1.54. The van der Waals surface area contributed by atoms with Gasteiger partial charge in [0.1, 0.15) is 17.5 Å². The van der Waals surface area contributed by atoms with Crippen LogP contribution in [-0.4, -0.2) is 23.6 Å². The number of hydrogen-bond donors (Lipinski definition) is 2. The summed E-state index contributed by atoms with van der Waals surface area (Å²) in [6, 6.07) is 8.06. The van der Waals surface area contributed by atoms with Gasteiger partial charge in [-0.05, 0) is 54.9 Å². The molecule has 1 saturated heterocycles. The molecule has 132 valence electrons. The second kappa shape index (κ2) is 6.34. The van der Waals surface area contributed by atoms with E-state index in [2.05, 4.69) is 12.1 Å². The molecule has 1 aromatic carbocycles. The van der Waals surface area contributed by atoms with Crippen molar-refractivity contribution < 1.29 is 14.6 Å². The molecule has 2 fully saturated rings. The van der Waals surface area contributed by atoms with Gasteiger partial charge in [-0.25, -0.2) is 0 Å². The number of aliphatic hydroxyl groups excluding tert-OH is 1. The second-order valence-corrected chi connectivity index (χ2v) is 7.65. The maximum atomic E-state index is 12.5. The minimum Gasteiger partial charge on any atom is -0.497 e. The predicted octanol–water partition coefficient (Wildman–Crippen LogP) is 3.12. The van der Waals surface area contributed by atoms with Gasteiger partial charge in [0.15, 0.2) is 0 Å². The minimum atomic E-state index is -0.662. The summed E-state index contributed by atoms with van der Waals surface area (Å²) in [7, 11) is 0. The lowest BCUT2D eigenvalue weighted by Crippen LogP contribution is -2.44. The molecule has 3 atom stereocenters. The van der Waals surface area contributed by atoms with Crippen LogP contribution < -0.4 is 5.73 Å². The summed E-state index contributed by atoms with van der Waals surface area (Å²) in [5.74, 6) is 0.188. The molecule has 0 amide bonds. The molecule has 3 N–H and O–H groups in total. The zero-order chi connectivity index (χ0) is 17.4. The first-order chi connectivity index (χ1) is 12.1. The Bertz CT molecular complexity index is 715. The van der Waals surface area contributed by atoms with Gasteiger partial charge in [0.2, 0.25) is 0 Å². The third-order valence-corrected chi connectivity index (χ3v) is 5.93. The van der Waals surface area contributed by atoms with Crippen molar-refractivity contribution in [2.45, 2.75) is 43.6 Å². The van der Waals surface area contributed by atoms with Crippen LogP contribution in [0.15, 0.2) is 48.3 Å². The van der Waals surface area contributed by atoms with Crippen molar-refractivity contribution in [2.75, 3.05) is 12.3 Å². The lowest BCUT2D eigenvalue weighted by Gasteiger charge is -2.38. The summed E-state index contributed by atoms with van der Waals surface area (Å²) in [4.78, 5) is 12.5. The van der Waals surface area contributed by atoms with Crippen LogP contribution in [0.2, 0.25) is 0 Å². The summed E-state index contributed by atoms with van der Waals surface area (Å²) in [6.07, 6.45) is 9.36. The smallest absolute Gasteiger partial charge is 0.146 e. The Morgan fingerprint density at radius 1 is 1.24 bits per heavy atom. The number of carbonyl (C=O) groups is 1. The number of allylic oxidation sites excluding steroid dienone is 3. The van der Waals surface area contributed by atoms with Gasteiger partial charge in [-0.2, -0.15) is 0 Å². The van der Waals surface area contributed by atoms with E-state index in [0.717, 1.165) is 31.4 Å². The van der Waals surface area contributed by atoms with Crippen molar-refractivity contribution in [3.8, 4) is 0 Å². The molecule has 0 bridgehead atoms. The van der Waals surface area contributed by atoms with Crippen LogP contribution in [0.5, 0.6) is 0 Å². The highest BCUT2D eigenvalue weighted by Gasteiger charge is 2.50. The van der Waals surface area contributed by atoms with Crippen molar-refractivity contribution >= 4 is 11.5 Å². The van der Waals surface area contributed by atoms with Crippen LogP contribution in [0.3, 0.4) is 0 Å². The monoisotopic (exact) mass is 339 g/mol. The van der Waals surface area contributed by atoms with Gasteiger partial charge in [0, 0.05) is 18.0 Å². The fourth-order valence-electron chi connectivity index (χ4n) is 4.25. The van der Waals surface area contributed by atoms with Crippen LogP contribution in [0.1, 0.15) is 37.7 Å². The van der Waals surface area contributed by atoms with Gasteiger partial charge in [-0.1, -0.05) is 24.3 Å². The summed E-state index contributed by atoms with van der Waals surface area (Å²) < 4.78 is 5.91. The fourth-order valence-corrected chi connectivity index (χ4v) is 4.25. The number of Topliss-reactive ketones (excluding diaryl/α,β-unsaturated/α-hetero) is 1. The fraction of sp³-hybridized carbons (Fsp3) is 0.476. The van der Waals surface area contributed by atoms with Crippen LogP contribution >= 0.6 is 0 Å². The Morgan fingerprint density at radius 2 is 2.00 bits per heavy atom. The molecular formula is C21H25NO3. The topological polar surface area (TPSA) is 72.5 Å². The number of ether oxygens (including phenoxy) is 1. The van der Waals surface area contributed by atoms with Gasteiger partial charge in [-0.15, -0.1) is 0 Å². The molecule has 1 saturated carbocycles. The van der Waals surface area contributed by atoms with E-state index < -0.39 is 12.0 Å². The first-order valence-corrected chi connectivity index (χ1v) is 9.15. The highest BCUT2D eigenvalue weighted by Crippen LogP contribution is 2.54. The maximum Gasteiger partial charge on any atom is 0.146 e. The van der Waals surface area contributed by atoms with Crippen molar-refractivity contribution in [3.05, 3.63) is 53.8 Å². The van der Waals surface area contributed by atoms with Crippen molar-refractivity contribution in [3.63, 3.8) is 0 Å². The summed E-state index contributed by atoms with van der Waals surface area (Å²) in [5.41, 5.74) is 7.96. The number of benzene rings is 1. The van der Waals surface area contributed by atoms with E-state index in [1.165, 1.54) is 5.56 Å². The third kappa shape index (κ3) is 3.11. The highest BCUT2D eigenvalue weighted by molar-refractivity contribution is 5.84. The molecule has 0 radical (unpaired) electrons. The van der Waals surface area contributed by atoms with E-state index in [1.807, 2.05) is 30.4 Å². The summed E-state index contributed by atoms with van der Waals surface area (Å²) in [6.45, 7) is 0.474. The number of nitrogen functional groups attached to an aromatic ring is 1. The number of nitrogens with two attached hydrogens (primary N) is 1. The van der Waals surface area contributed by atoms with Gasteiger partial charge < -0.3 is 15.6 Å². The van der Waals surface area contributed by atoms with Crippen LogP contribution in [0.25, 0.3) is 0 Å². The second-order valence-electron chi connectivity index (χ2n) is 7.65. The van der Waals surface area contributed by atoms with Gasteiger partial charge in [-0.3, -0.25) is 4.79 Å². The molecule has 1 heterocycles. The number of carbonyl (C=O) groups excluding carboxylic acids is 1. The van der Waals surface area contributed by atoms with Gasteiger partial charge in [0.25, 0.3) is 0 Å². The Morgan fingerprint density at radius 3 is 2.72 bits per heavy atom. The lowest BCUT2D eigenvalue weighted by molar-refractivity contribution is -0.133. The predicted molar refractivity (Wildman–Crippen MR) is 96.8 cm³/mol. The molecule has 4 rings (SSSR count). The summed E-state index contributed by atoms with van der Waals surface area (Å²) in [5, 5.41) is 10.9. The first-order valence-electron chi connectivity index (χ1n) is 9.15. The van der Waals surface area contributed by atoms with Gasteiger partial charge in [0.05, 0.1) is 12.7 Å². The minimum absolute atomic E-state index is 0.0189. The Labute approximate surface area is 148 Å². The Kier molecular flexibility index (Phi) is 4.16. The lowest BCUT2D eigenvalue weighted by atomic mass is 9.76. The zero-order valence-electron chi connectivity index (χ0n) is 14.4. The van der Waals surface area contributed by atoms with Gasteiger partial charge >= 0.3 is 0 Å². The SMILES string of the molecule is Nc1ccc(C2(CC3COC4=CC=CCCC(=O)C4C3O)CC2)cc1. The number of anilines is 1. The van der Waals surface area contributed by atoms with Crippen LogP contribution in [0.4, 0.5) is 5.69 Å². The molecule has 25 heavy (non-hydrogen) atoms. The maximum absolute atomic E-state index is 12.5. The number of hydrogen-bond acceptors (Lipinski definition) is 4. The molecule has 2 aliphatic carbocycles. The molecule has 1 aromatic rings. The van der Waals surface area contributed by atoms with E-state index in [1.54, 1.807) is 0 Å². The molecule has 4 heteroatoms. The molecule has 1 aliphatic heterocycles. The largest absolute Gasteiger partial charge is 0.497 e. The average Bonchev–Trinajstić information content (AvgIpc) is 3.36. The van der Waals surface area contributed by atoms with Crippen molar-refractivity contribution in [1.82, 2.24) is 0 Å². The van der Waals surface area contributed by atoms with E-state index in [4.69, 9.17) is 10.5 Å². The number of aliphatic hydroxyl groups is 1. The van der Waals surface area contributed by atoms with E-state index in [0.29, 0.717) is 18.8 Å². The molecule has 4 nitrogen and oxygen atoms in total. The van der Waals surface area contributed by atoms with Crippen LogP contribution in [-0.2, 0) is 14.9 Å². The normalized spacial score (nSPS) is 30.5. The first kappa shape index (κ1) is 16.4. The van der Waals surface area contributed by atoms with Crippen molar-refractivity contribution in [2.24, 2.45) is 11.8 Å². The standard InChI is InChI=1S/C21H25NO3/c22-16-8-6-15(7-9-16)21(10-11-21)12-14-13-25-18-5-3-1-2-4-17(23)19(18)20(14)24/h1,3,5-9,14,19-20,24H,2,4,10-13,22H2. The number of fused-ring (bicyclic) bond motifs is 1. The number of rotatable bonds is 3. The van der Waals surface area contributed by atoms with E-state index in [-0.39, 0.29) is 17.1 Å². The Hall–Kier alpha value is -2.07. The average molecular weight is 339 g/mol. The van der Waals surface area contributed by atoms with Crippen molar-refractivity contribution in [1.29, 1.82) is 0 Å². The molecule has 3 aliphatic rings.